The Balaban J connectivity index is 2.24. The fraction of sp³-hybridized carbons (Fsp3) is 1.00. The first kappa shape index (κ1) is 7.03. The van der Waals surface area contributed by atoms with E-state index < -0.39 is 0 Å². The van der Waals surface area contributed by atoms with Gasteiger partial charge in [-0.05, 0) is 19.8 Å². The Bertz CT molecular complexity index is 87.1. The van der Waals surface area contributed by atoms with Crippen molar-refractivity contribution in [3.8, 4) is 0 Å². The summed E-state index contributed by atoms with van der Waals surface area (Å²) in [6.45, 7) is 8.88. The number of nitrogens with one attached hydrogen (secondary N) is 1. The van der Waals surface area contributed by atoms with Crippen LogP contribution in [0.1, 0.15) is 27.7 Å². The Labute approximate surface area is 57.2 Å². The predicted molar refractivity (Wildman–Crippen MR) is 38.7 cm³/mol. The summed E-state index contributed by atoms with van der Waals surface area (Å²) in [5.74, 6) is 0.743. The van der Waals surface area contributed by atoms with Gasteiger partial charge in [0.25, 0.3) is 0 Å². The van der Waals surface area contributed by atoms with Crippen molar-refractivity contribution in [2.75, 3.05) is 0 Å². The molecule has 2 atom stereocenters. The molecule has 1 rings (SSSR count). The molecule has 0 saturated carbocycles. The summed E-state index contributed by atoms with van der Waals surface area (Å²) >= 11 is 0. The van der Waals surface area contributed by atoms with Crippen LogP contribution in [0.25, 0.3) is 0 Å². The Morgan fingerprint density at radius 3 is 1.89 bits per heavy atom. The predicted octanol–water partition coefficient (Wildman–Crippen LogP) is 1.20. The summed E-state index contributed by atoms with van der Waals surface area (Å²) in [6.07, 6.45) is 0.644. The quantitative estimate of drug-likeness (QED) is 0.565. The van der Waals surface area contributed by atoms with Gasteiger partial charge in [-0.1, -0.05) is 13.8 Å². The molecule has 0 aromatic carbocycles. The van der Waals surface area contributed by atoms with Crippen LogP contribution in [0.5, 0.6) is 0 Å². The van der Waals surface area contributed by atoms with Gasteiger partial charge >= 0.3 is 0 Å². The molecule has 1 aliphatic heterocycles. The van der Waals surface area contributed by atoms with Gasteiger partial charge in [-0.15, -0.1) is 0 Å². The first-order chi connectivity index (χ1) is 4.13. The molecule has 9 heavy (non-hydrogen) atoms. The van der Waals surface area contributed by atoms with Crippen LogP contribution < -0.4 is 5.43 Å². The van der Waals surface area contributed by atoms with Crippen LogP contribution in [0.3, 0.4) is 0 Å². The SMILES string of the molecule is CC(C)C1NN1C(C)C. The van der Waals surface area contributed by atoms with Crippen molar-refractivity contribution >= 4 is 0 Å². The highest BCUT2D eigenvalue weighted by molar-refractivity contribution is 4.83. The van der Waals surface area contributed by atoms with Crippen LogP contribution in [0, 0.1) is 5.92 Å². The molecule has 0 spiro atoms. The zero-order valence-electron chi connectivity index (χ0n) is 6.68. The maximum atomic E-state index is 3.30. The topological polar surface area (TPSA) is 25.0 Å². The van der Waals surface area contributed by atoms with E-state index in [9.17, 15) is 0 Å². The molecular formula is C7H16N2. The third kappa shape index (κ3) is 1.43. The molecule has 1 aliphatic rings. The van der Waals surface area contributed by atoms with Crippen LogP contribution in [-0.2, 0) is 0 Å². The average molecular weight is 128 g/mol. The third-order valence-electron chi connectivity index (χ3n) is 1.70. The van der Waals surface area contributed by atoms with Gasteiger partial charge in [-0.3, -0.25) is 0 Å². The lowest BCUT2D eigenvalue weighted by atomic mass is 10.2. The van der Waals surface area contributed by atoms with Crippen LogP contribution in [0.2, 0.25) is 0 Å². The molecule has 2 heteroatoms. The largest absolute Gasteiger partial charge is 0.235 e. The summed E-state index contributed by atoms with van der Waals surface area (Å²) in [6, 6.07) is 0.650. The van der Waals surface area contributed by atoms with Gasteiger partial charge in [0.2, 0.25) is 0 Å². The zero-order valence-corrected chi connectivity index (χ0v) is 6.68. The van der Waals surface area contributed by atoms with Crippen molar-refractivity contribution in [2.24, 2.45) is 5.92 Å². The Morgan fingerprint density at radius 1 is 1.22 bits per heavy atom. The van der Waals surface area contributed by atoms with Crippen molar-refractivity contribution in [3.05, 3.63) is 0 Å². The minimum atomic E-state index is 0.644. The number of hydrogen-bond donors (Lipinski definition) is 1. The highest BCUT2D eigenvalue weighted by atomic mass is 15.8. The minimum Gasteiger partial charge on any atom is -0.235 e. The van der Waals surface area contributed by atoms with E-state index in [0.717, 1.165) is 5.92 Å². The highest BCUT2D eigenvalue weighted by Gasteiger charge is 2.37. The lowest BCUT2D eigenvalue weighted by molar-refractivity contribution is 0.369. The summed E-state index contributed by atoms with van der Waals surface area (Å²) in [5, 5.41) is 2.28. The van der Waals surface area contributed by atoms with E-state index in [1.165, 1.54) is 0 Å². The third-order valence-corrected chi connectivity index (χ3v) is 1.70. The molecule has 0 aromatic rings. The van der Waals surface area contributed by atoms with Gasteiger partial charge in [-0.25, -0.2) is 10.4 Å². The average Bonchev–Trinajstić information content (AvgIpc) is 2.39. The monoisotopic (exact) mass is 128 g/mol. The first-order valence-electron chi connectivity index (χ1n) is 3.67. The van der Waals surface area contributed by atoms with E-state index in [-0.39, 0.29) is 0 Å². The van der Waals surface area contributed by atoms with Crippen molar-refractivity contribution in [1.82, 2.24) is 10.4 Å². The fourth-order valence-corrected chi connectivity index (χ4v) is 1.06. The van der Waals surface area contributed by atoms with E-state index in [4.69, 9.17) is 0 Å². The number of hydrazine groups is 1. The highest BCUT2D eigenvalue weighted by Crippen LogP contribution is 2.20. The molecule has 2 nitrogen and oxygen atoms in total. The first-order valence-corrected chi connectivity index (χ1v) is 3.67. The van der Waals surface area contributed by atoms with Gasteiger partial charge < -0.3 is 0 Å². The smallest absolute Gasteiger partial charge is 0.0889 e. The molecule has 1 N–H and O–H groups in total. The molecule has 1 fully saturated rings. The van der Waals surface area contributed by atoms with E-state index in [0.29, 0.717) is 12.2 Å². The van der Waals surface area contributed by atoms with Gasteiger partial charge in [0.15, 0.2) is 0 Å². The van der Waals surface area contributed by atoms with Crippen LogP contribution >= 0.6 is 0 Å². The molecule has 54 valence electrons. The Morgan fingerprint density at radius 2 is 1.78 bits per heavy atom. The normalized spacial score (nSPS) is 34.0. The van der Waals surface area contributed by atoms with E-state index in [1.807, 2.05) is 0 Å². The summed E-state index contributed by atoms with van der Waals surface area (Å²) in [7, 11) is 0. The standard InChI is InChI=1S/C7H16N2/c1-5(2)7-8-9(7)6(3)4/h5-8H,1-4H3. The van der Waals surface area contributed by atoms with Crippen LogP contribution in [0.15, 0.2) is 0 Å². The van der Waals surface area contributed by atoms with Crippen molar-refractivity contribution in [3.63, 3.8) is 0 Å². The van der Waals surface area contributed by atoms with Crippen molar-refractivity contribution < 1.29 is 0 Å². The maximum absolute atomic E-state index is 3.30. The Kier molecular flexibility index (Phi) is 1.78. The number of nitrogens with zero attached hydrogens (tertiary/aromatic N) is 1. The van der Waals surface area contributed by atoms with Gasteiger partial charge in [0, 0.05) is 6.04 Å². The molecule has 2 unspecified atom stereocenters. The molecular weight excluding hydrogens is 112 g/mol. The maximum Gasteiger partial charge on any atom is 0.0889 e. The molecule has 0 amide bonds. The van der Waals surface area contributed by atoms with Gasteiger partial charge in [0.05, 0.1) is 6.17 Å². The molecule has 0 bridgehead atoms. The van der Waals surface area contributed by atoms with E-state index in [1.54, 1.807) is 0 Å². The summed E-state index contributed by atoms with van der Waals surface area (Å²) in [4.78, 5) is 0. The molecule has 0 radical (unpaired) electrons. The lowest BCUT2D eigenvalue weighted by Gasteiger charge is -2.04. The second kappa shape index (κ2) is 2.27. The van der Waals surface area contributed by atoms with Crippen molar-refractivity contribution in [2.45, 2.75) is 39.9 Å². The number of rotatable bonds is 2. The van der Waals surface area contributed by atoms with Crippen LogP contribution in [0.4, 0.5) is 0 Å². The lowest BCUT2D eigenvalue weighted by Crippen LogP contribution is -2.15. The second-order valence-corrected chi connectivity index (χ2v) is 3.32. The molecule has 1 heterocycles. The van der Waals surface area contributed by atoms with Gasteiger partial charge in [-0.2, -0.15) is 0 Å². The summed E-state index contributed by atoms with van der Waals surface area (Å²) < 4.78 is 0. The second-order valence-electron chi connectivity index (χ2n) is 3.32. The van der Waals surface area contributed by atoms with Crippen LogP contribution in [-0.4, -0.2) is 17.2 Å². The molecule has 1 saturated heterocycles. The van der Waals surface area contributed by atoms with Gasteiger partial charge in [0.1, 0.15) is 0 Å². The summed E-state index contributed by atoms with van der Waals surface area (Å²) in [5.41, 5.74) is 3.30. The molecule has 0 aromatic heterocycles. The fourth-order valence-electron chi connectivity index (χ4n) is 1.06. The zero-order chi connectivity index (χ0) is 7.02. The minimum absolute atomic E-state index is 0.644. The van der Waals surface area contributed by atoms with E-state index >= 15 is 0 Å². The molecule has 0 aliphatic carbocycles. The van der Waals surface area contributed by atoms with Crippen molar-refractivity contribution in [1.29, 1.82) is 0 Å². The Hall–Kier alpha value is -0.0800. The van der Waals surface area contributed by atoms with E-state index in [2.05, 4.69) is 38.1 Å². The number of hydrogen-bond acceptors (Lipinski definition) is 2.